The Morgan fingerprint density at radius 1 is 1.22 bits per heavy atom. The Balaban J connectivity index is 1.86. The van der Waals surface area contributed by atoms with Gasteiger partial charge >= 0.3 is 0 Å². The van der Waals surface area contributed by atoms with Crippen LogP contribution in [0.15, 0.2) is 4.99 Å². The van der Waals surface area contributed by atoms with E-state index in [9.17, 15) is 0 Å². The van der Waals surface area contributed by atoms with Gasteiger partial charge < -0.3 is 25.0 Å². The van der Waals surface area contributed by atoms with Gasteiger partial charge in [0, 0.05) is 58.4 Å². The highest BCUT2D eigenvalue weighted by Gasteiger charge is 2.35. The van der Waals surface area contributed by atoms with E-state index < -0.39 is 0 Å². The molecule has 2 fully saturated rings. The van der Waals surface area contributed by atoms with Gasteiger partial charge in [-0.15, -0.1) is 0 Å². The highest BCUT2D eigenvalue weighted by Crippen LogP contribution is 2.34. The zero-order valence-electron chi connectivity index (χ0n) is 18.2. The molecule has 6 heteroatoms. The number of nitrogens with one attached hydrogen (secondary N) is 2. The van der Waals surface area contributed by atoms with Gasteiger partial charge in [0.15, 0.2) is 5.96 Å². The first-order valence-corrected chi connectivity index (χ1v) is 10.8. The Morgan fingerprint density at radius 2 is 1.96 bits per heavy atom. The van der Waals surface area contributed by atoms with Crippen molar-refractivity contribution in [1.29, 1.82) is 0 Å². The third-order valence-electron chi connectivity index (χ3n) is 5.67. The molecule has 6 nitrogen and oxygen atoms in total. The summed E-state index contributed by atoms with van der Waals surface area (Å²) in [6, 6.07) is 0.502. The van der Waals surface area contributed by atoms with Crippen molar-refractivity contribution >= 4 is 5.96 Å². The highest BCUT2D eigenvalue weighted by molar-refractivity contribution is 5.80. The molecule has 0 amide bonds. The summed E-state index contributed by atoms with van der Waals surface area (Å²) in [6.07, 6.45) is 4.97. The molecule has 2 saturated heterocycles. The number of hydrogen-bond acceptors (Lipinski definition) is 4. The minimum Gasteiger partial charge on any atom is -0.383 e. The number of piperidine rings is 1. The maximum Gasteiger partial charge on any atom is 0.191 e. The van der Waals surface area contributed by atoms with Gasteiger partial charge in [0.05, 0.1) is 12.7 Å². The van der Waals surface area contributed by atoms with E-state index in [0.717, 1.165) is 71.2 Å². The van der Waals surface area contributed by atoms with Crippen LogP contribution in [0.25, 0.3) is 0 Å². The fraction of sp³-hybridized carbons (Fsp3) is 0.952. The molecule has 158 valence electrons. The van der Waals surface area contributed by atoms with Crippen LogP contribution in [0.1, 0.15) is 53.4 Å². The van der Waals surface area contributed by atoms with E-state index in [1.807, 2.05) is 0 Å². The SMILES string of the molecule is CCNC(=NCC1CCCOC1C(C)(C)C)NC1CCN(CCOC)CC1. The van der Waals surface area contributed by atoms with Gasteiger partial charge in [-0.05, 0) is 38.0 Å². The molecule has 2 atom stereocenters. The quantitative estimate of drug-likeness (QED) is 0.523. The summed E-state index contributed by atoms with van der Waals surface area (Å²) in [5.41, 5.74) is 0.168. The number of hydrogen-bond donors (Lipinski definition) is 2. The van der Waals surface area contributed by atoms with Crippen LogP contribution in [0.5, 0.6) is 0 Å². The molecule has 2 heterocycles. The zero-order valence-corrected chi connectivity index (χ0v) is 18.2. The fourth-order valence-electron chi connectivity index (χ4n) is 4.23. The lowest BCUT2D eigenvalue weighted by atomic mass is 9.78. The molecule has 0 aromatic rings. The van der Waals surface area contributed by atoms with Crippen LogP contribution in [0.2, 0.25) is 0 Å². The van der Waals surface area contributed by atoms with Crippen LogP contribution < -0.4 is 10.6 Å². The minimum absolute atomic E-state index is 0.168. The molecule has 0 radical (unpaired) electrons. The van der Waals surface area contributed by atoms with Crippen molar-refractivity contribution in [2.45, 2.75) is 65.5 Å². The van der Waals surface area contributed by atoms with Crippen LogP contribution in [-0.2, 0) is 9.47 Å². The molecule has 2 unspecified atom stereocenters. The minimum atomic E-state index is 0.168. The molecular formula is C21H42N4O2. The molecule has 2 N–H and O–H groups in total. The number of nitrogens with zero attached hydrogens (tertiary/aromatic N) is 2. The molecule has 0 bridgehead atoms. The molecule has 0 aliphatic carbocycles. The average Bonchev–Trinajstić information content (AvgIpc) is 2.65. The number of aliphatic imine (C=N–C) groups is 1. The van der Waals surface area contributed by atoms with Crippen molar-refractivity contribution in [2.24, 2.45) is 16.3 Å². The summed E-state index contributed by atoms with van der Waals surface area (Å²) in [7, 11) is 1.77. The number of likely N-dealkylation sites (tertiary alicyclic amines) is 1. The first-order valence-electron chi connectivity index (χ1n) is 10.8. The predicted octanol–water partition coefficient (Wildman–Crippen LogP) is 2.49. The zero-order chi connectivity index (χ0) is 19.7. The van der Waals surface area contributed by atoms with Crippen LogP contribution >= 0.6 is 0 Å². The Bertz CT molecular complexity index is 442. The maximum atomic E-state index is 6.12. The second kappa shape index (κ2) is 11.2. The summed E-state index contributed by atoms with van der Waals surface area (Å²) < 4.78 is 11.3. The van der Waals surface area contributed by atoms with Gasteiger partial charge in [0.25, 0.3) is 0 Å². The first-order chi connectivity index (χ1) is 12.9. The van der Waals surface area contributed by atoms with E-state index in [-0.39, 0.29) is 5.41 Å². The maximum absolute atomic E-state index is 6.12. The number of guanidine groups is 1. The van der Waals surface area contributed by atoms with Crippen molar-refractivity contribution in [2.75, 3.05) is 53.0 Å². The third-order valence-corrected chi connectivity index (χ3v) is 5.67. The van der Waals surface area contributed by atoms with Crippen molar-refractivity contribution in [1.82, 2.24) is 15.5 Å². The summed E-state index contributed by atoms with van der Waals surface area (Å²) in [4.78, 5) is 7.43. The molecule has 2 aliphatic heterocycles. The van der Waals surface area contributed by atoms with Crippen molar-refractivity contribution in [3.05, 3.63) is 0 Å². The fourth-order valence-corrected chi connectivity index (χ4v) is 4.23. The van der Waals surface area contributed by atoms with E-state index in [4.69, 9.17) is 14.5 Å². The molecule has 2 rings (SSSR count). The molecule has 0 spiro atoms. The van der Waals surface area contributed by atoms with Crippen LogP contribution in [0, 0.1) is 11.3 Å². The second-order valence-electron chi connectivity index (χ2n) is 9.03. The van der Waals surface area contributed by atoms with Crippen LogP contribution in [0.3, 0.4) is 0 Å². The average molecular weight is 383 g/mol. The van der Waals surface area contributed by atoms with Gasteiger partial charge in [0.2, 0.25) is 0 Å². The summed E-state index contributed by atoms with van der Waals surface area (Å²) in [5, 5.41) is 7.10. The molecular weight excluding hydrogens is 340 g/mol. The molecule has 0 aromatic heterocycles. The normalized spacial score (nSPS) is 26.2. The predicted molar refractivity (Wildman–Crippen MR) is 112 cm³/mol. The molecule has 27 heavy (non-hydrogen) atoms. The Kier molecular flexibility index (Phi) is 9.33. The van der Waals surface area contributed by atoms with Crippen molar-refractivity contribution in [3.63, 3.8) is 0 Å². The summed E-state index contributed by atoms with van der Waals surface area (Å²) in [5.74, 6) is 1.47. The smallest absolute Gasteiger partial charge is 0.191 e. The van der Waals surface area contributed by atoms with E-state index in [2.05, 4.69) is 43.2 Å². The van der Waals surface area contributed by atoms with Gasteiger partial charge in [0.1, 0.15) is 0 Å². The number of rotatable bonds is 7. The number of ether oxygens (including phenoxy) is 2. The van der Waals surface area contributed by atoms with Crippen molar-refractivity contribution < 1.29 is 9.47 Å². The largest absolute Gasteiger partial charge is 0.383 e. The van der Waals surface area contributed by atoms with Crippen LogP contribution in [0.4, 0.5) is 0 Å². The molecule has 0 aromatic carbocycles. The summed E-state index contributed by atoms with van der Waals surface area (Å²) in [6.45, 7) is 15.7. The lowest BCUT2D eigenvalue weighted by Gasteiger charge is -2.39. The van der Waals surface area contributed by atoms with E-state index in [1.54, 1.807) is 7.11 Å². The lowest BCUT2D eigenvalue weighted by Crippen LogP contribution is -2.49. The van der Waals surface area contributed by atoms with Crippen LogP contribution in [-0.4, -0.2) is 76.1 Å². The molecule has 2 aliphatic rings. The van der Waals surface area contributed by atoms with E-state index in [1.165, 1.54) is 6.42 Å². The topological polar surface area (TPSA) is 58.1 Å². The first kappa shape index (κ1) is 22.4. The third kappa shape index (κ3) is 7.59. The van der Waals surface area contributed by atoms with E-state index in [0.29, 0.717) is 18.1 Å². The van der Waals surface area contributed by atoms with Crippen molar-refractivity contribution in [3.8, 4) is 0 Å². The lowest BCUT2D eigenvalue weighted by molar-refractivity contribution is -0.0823. The van der Waals surface area contributed by atoms with Gasteiger partial charge in [-0.25, -0.2) is 0 Å². The Hall–Kier alpha value is -0.850. The monoisotopic (exact) mass is 382 g/mol. The van der Waals surface area contributed by atoms with E-state index >= 15 is 0 Å². The van der Waals surface area contributed by atoms with Gasteiger partial charge in [-0.2, -0.15) is 0 Å². The second-order valence-corrected chi connectivity index (χ2v) is 9.03. The van der Waals surface area contributed by atoms with Gasteiger partial charge in [-0.3, -0.25) is 4.99 Å². The molecule has 0 saturated carbocycles. The standard InChI is InChI=1S/C21H42N4O2/c1-6-22-20(24-18-9-11-25(12-10-18)13-15-26-5)23-16-17-8-7-14-27-19(17)21(2,3)4/h17-19H,6-16H2,1-5H3,(H2,22,23,24). The summed E-state index contributed by atoms with van der Waals surface area (Å²) >= 11 is 0. The van der Waals surface area contributed by atoms with Gasteiger partial charge in [-0.1, -0.05) is 20.8 Å². The Morgan fingerprint density at radius 3 is 2.59 bits per heavy atom. The highest BCUT2D eigenvalue weighted by atomic mass is 16.5. The number of methoxy groups -OCH3 is 1. The Labute approximate surface area is 166 Å².